The molecule has 0 unspecified atom stereocenters. The quantitative estimate of drug-likeness (QED) is 0.633. The number of aryl methyl sites for hydroxylation is 1. The van der Waals surface area contributed by atoms with Crippen LogP contribution in [-0.2, 0) is 16.0 Å². The van der Waals surface area contributed by atoms with Gasteiger partial charge in [0.05, 0.1) is 11.8 Å². The fourth-order valence-corrected chi connectivity index (χ4v) is 3.54. The van der Waals surface area contributed by atoms with Crippen molar-refractivity contribution in [3.63, 3.8) is 0 Å². The van der Waals surface area contributed by atoms with Crippen molar-refractivity contribution in [3.8, 4) is 0 Å². The van der Waals surface area contributed by atoms with Gasteiger partial charge in [-0.3, -0.25) is 9.59 Å². The van der Waals surface area contributed by atoms with Crippen molar-refractivity contribution in [3.05, 3.63) is 83.3 Å². The first kappa shape index (κ1) is 20.4. The number of amides is 2. The molecule has 7 nitrogen and oxygen atoms in total. The largest absolute Gasteiger partial charge is 0.459 e. The number of ether oxygens (including phenoxy) is 1. The van der Waals surface area contributed by atoms with Crippen LogP contribution in [0.25, 0.3) is 0 Å². The number of benzene rings is 2. The smallest absolute Gasteiger partial charge is 0.338 e. The maximum Gasteiger partial charge on any atom is 0.338 e. The number of carbonyl (C=O) groups is 3. The molecule has 1 aliphatic rings. The van der Waals surface area contributed by atoms with Crippen LogP contribution >= 0.6 is 0 Å². The van der Waals surface area contributed by atoms with Gasteiger partial charge in [-0.15, -0.1) is 0 Å². The van der Waals surface area contributed by atoms with Gasteiger partial charge in [-0.25, -0.2) is 4.79 Å². The van der Waals surface area contributed by atoms with Crippen molar-refractivity contribution < 1.29 is 23.5 Å². The average molecular weight is 418 g/mol. The standard InChI is InChI=1S/C24H22N2O5/c1-15-9-10-18(14-19(15)25-22(27)21-8-5-13-30-21)24(29)31-16(2)23(28)26-12-11-17-6-3-4-7-20(17)26/h3-10,13-14,16H,11-12H2,1-2H3,(H,25,27)/t16-/m1/s1. The highest BCUT2D eigenvalue weighted by molar-refractivity contribution is 6.04. The molecule has 7 heteroatoms. The lowest BCUT2D eigenvalue weighted by Crippen LogP contribution is -2.39. The van der Waals surface area contributed by atoms with Crippen molar-refractivity contribution in [2.75, 3.05) is 16.8 Å². The Balaban J connectivity index is 1.45. The third kappa shape index (κ3) is 4.21. The van der Waals surface area contributed by atoms with E-state index in [0.29, 0.717) is 12.2 Å². The van der Waals surface area contributed by atoms with Gasteiger partial charge >= 0.3 is 5.97 Å². The van der Waals surface area contributed by atoms with Crippen LogP contribution in [-0.4, -0.2) is 30.4 Å². The van der Waals surface area contributed by atoms with Gasteiger partial charge in [0.15, 0.2) is 11.9 Å². The normalized spacial score (nSPS) is 13.4. The van der Waals surface area contributed by atoms with Gasteiger partial charge in [-0.05, 0) is 61.7 Å². The van der Waals surface area contributed by atoms with E-state index < -0.39 is 18.0 Å². The maximum absolute atomic E-state index is 12.9. The monoisotopic (exact) mass is 418 g/mol. The van der Waals surface area contributed by atoms with Crippen LogP contribution < -0.4 is 10.2 Å². The number of anilines is 2. The van der Waals surface area contributed by atoms with E-state index in [1.807, 2.05) is 31.2 Å². The Labute approximate surface area is 179 Å². The van der Waals surface area contributed by atoms with E-state index in [-0.39, 0.29) is 17.2 Å². The summed E-state index contributed by atoms with van der Waals surface area (Å²) in [6.07, 6.45) is 1.24. The topological polar surface area (TPSA) is 88.9 Å². The second-order valence-electron chi connectivity index (χ2n) is 7.38. The number of para-hydroxylation sites is 1. The Hall–Kier alpha value is -3.87. The Morgan fingerprint density at radius 2 is 1.90 bits per heavy atom. The van der Waals surface area contributed by atoms with Gasteiger partial charge in [-0.2, -0.15) is 0 Å². The molecule has 4 rings (SSSR count). The third-order valence-electron chi connectivity index (χ3n) is 5.25. The first-order valence-electron chi connectivity index (χ1n) is 10.00. The lowest BCUT2D eigenvalue weighted by atomic mass is 10.1. The second-order valence-corrected chi connectivity index (χ2v) is 7.38. The number of rotatable bonds is 5. The van der Waals surface area contributed by atoms with Crippen molar-refractivity contribution >= 4 is 29.2 Å². The summed E-state index contributed by atoms with van der Waals surface area (Å²) in [5.41, 5.74) is 3.43. The van der Waals surface area contributed by atoms with Crippen LogP contribution in [0, 0.1) is 6.92 Å². The number of esters is 1. The van der Waals surface area contributed by atoms with Crippen molar-refractivity contribution in [1.29, 1.82) is 0 Å². The number of nitrogens with one attached hydrogen (secondary N) is 1. The number of fused-ring (bicyclic) bond motifs is 1. The highest BCUT2D eigenvalue weighted by Crippen LogP contribution is 2.28. The summed E-state index contributed by atoms with van der Waals surface area (Å²) in [5.74, 6) is -1.16. The minimum absolute atomic E-state index is 0.164. The van der Waals surface area contributed by atoms with Crippen LogP contribution in [0.4, 0.5) is 11.4 Å². The van der Waals surface area contributed by atoms with Crippen LogP contribution in [0.5, 0.6) is 0 Å². The number of hydrogen-bond acceptors (Lipinski definition) is 5. The van der Waals surface area contributed by atoms with Gasteiger partial charge in [0.25, 0.3) is 11.8 Å². The van der Waals surface area contributed by atoms with Gasteiger partial charge in [0.2, 0.25) is 0 Å². The van der Waals surface area contributed by atoms with E-state index >= 15 is 0 Å². The summed E-state index contributed by atoms with van der Waals surface area (Å²) in [6.45, 7) is 3.94. The molecular weight excluding hydrogens is 396 g/mol. The first-order valence-corrected chi connectivity index (χ1v) is 10.00. The van der Waals surface area contributed by atoms with Gasteiger partial charge in [0, 0.05) is 17.9 Å². The Morgan fingerprint density at radius 1 is 1.10 bits per heavy atom. The minimum atomic E-state index is -0.943. The molecule has 1 N–H and O–H groups in total. The molecule has 0 saturated carbocycles. The van der Waals surface area contributed by atoms with Crippen molar-refractivity contribution in [2.24, 2.45) is 0 Å². The average Bonchev–Trinajstić information content (AvgIpc) is 3.45. The number of nitrogens with zero attached hydrogens (tertiary/aromatic N) is 1. The molecule has 1 aliphatic heterocycles. The zero-order chi connectivity index (χ0) is 22.0. The molecule has 0 saturated heterocycles. The number of furan rings is 1. The van der Waals surface area contributed by atoms with Crippen molar-refractivity contribution in [1.82, 2.24) is 0 Å². The molecular formula is C24H22N2O5. The SMILES string of the molecule is Cc1ccc(C(=O)O[C@H](C)C(=O)N2CCc3ccccc32)cc1NC(=O)c1ccco1. The zero-order valence-electron chi connectivity index (χ0n) is 17.3. The summed E-state index contributed by atoms with van der Waals surface area (Å²) in [6, 6.07) is 15.7. The molecule has 3 aromatic rings. The molecule has 2 aromatic carbocycles. The summed E-state index contributed by atoms with van der Waals surface area (Å²) in [7, 11) is 0. The van der Waals surface area contributed by atoms with Crippen LogP contribution in [0.2, 0.25) is 0 Å². The molecule has 0 radical (unpaired) electrons. The predicted molar refractivity (Wildman–Crippen MR) is 115 cm³/mol. The second kappa shape index (κ2) is 8.47. The Kier molecular flexibility index (Phi) is 5.58. The zero-order valence-corrected chi connectivity index (χ0v) is 17.3. The molecule has 158 valence electrons. The molecule has 2 amide bonds. The van der Waals surface area contributed by atoms with E-state index in [4.69, 9.17) is 9.15 Å². The predicted octanol–water partition coefficient (Wildman–Crippen LogP) is 3.97. The number of carbonyl (C=O) groups excluding carboxylic acids is 3. The van der Waals surface area contributed by atoms with Gasteiger partial charge < -0.3 is 19.4 Å². The molecule has 0 aliphatic carbocycles. The van der Waals surface area contributed by atoms with Crippen LogP contribution in [0.1, 0.15) is 39.0 Å². The number of hydrogen-bond donors (Lipinski definition) is 1. The van der Waals surface area contributed by atoms with Gasteiger partial charge in [0.1, 0.15) is 0 Å². The molecule has 1 aromatic heterocycles. The summed E-state index contributed by atoms with van der Waals surface area (Å²) < 4.78 is 10.5. The van der Waals surface area contributed by atoms with Gasteiger partial charge in [-0.1, -0.05) is 24.3 Å². The molecule has 0 fully saturated rings. The third-order valence-corrected chi connectivity index (χ3v) is 5.25. The first-order chi connectivity index (χ1) is 14.9. The lowest BCUT2D eigenvalue weighted by Gasteiger charge is -2.22. The van der Waals surface area contributed by atoms with E-state index in [0.717, 1.165) is 23.2 Å². The summed E-state index contributed by atoms with van der Waals surface area (Å²) in [4.78, 5) is 39.4. The molecule has 2 heterocycles. The summed E-state index contributed by atoms with van der Waals surface area (Å²) >= 11 is 0. The van der Waals surface area contributed by atoms with Crippen LogP contribution in [0.3, 0.4) is 0 Å². The van der Waals surface area contributed by atoms with Crippen LogP contribution in [0.15, 0.2) is 65.3 Å². The van der Waals surface area contributed by atoms with E-state index in [9.17, 15) is 14.4 Å². The van der Waals surface area contributed by atoms with E-state index in [1.165, 1.54) is 12.3 Å². The maximum atomic E-state index is 12.9. The fourth-order valence-electron chi connectivity index (χ4n) is 3.54. The highest BCUT2D eigenvalue weighted by Gasteiger charge is 2.30. The van der Waals surface area contributed by atoms with E-state index in [2.05, 4.69) is 5.32 Å². The van der Waals surface area contributed by atoms with Crippen molar-refractivity contribution in [2.45, 2.75) is 26.4 Å². The summed E-state index contributed by atoms with van der Waals surface area (Å²) in [5, 5.41) is 2.72. The highest BCUT2D eigenvalue weighted by atomic mass is 16.5. The Bertz CT molecular complexity index is 1140. The van der Waals surface area contributed by atoms with E-state index in [1.54, 1.807) is 36.1 Å². The molecule has 1 atom stereocenters. The molecule has 0 bridgehead atoms. The molecule has 0 spiro atoms. The fraction of sp³-hybridized carbons (Fsp3) is 0.208. The minimum Gasteiger partial charge on any atom is -0.459 e. The Morgan fingerprint density at radius 3 is 2.68 bits per heavy atom. The molecule has 31 heavy (non-hydrogen) atoms. The lowest BCUT2D eigenvalue weighted by molar-refractivity contribution is -0.126.